The minimum atomic E-state index is -0.869. The van der Waals surface area contributed by atoms with Crippen molar-refractivity contribution in [1.29, 1.82) is 0 Å². The van der Waals surface area contributed by atoms with Crippen LogP contribution < -0.4 is 0 Å². The lowest BCUT2D eigenvalue weighted by atomic mass is 9.31. The van der Waals surface area contributed by atoms with Gasteiger partial charge in [0.05, 0.1) is 35.9 Å². The number of fused-ring (bicyclic) bond motifs is 1. The molecular formula is C37H54O7. The highest BCUT2D eigenvalue weighted by molar-refractivity contribution is 6.05. The Labute approximate surface area is 263 Å². The van der Waals surface area contributed by atoms with Gasteiger partial charge in [-0.1, -0.05) is 66.0 Å². The molecule has 0 N–H and O–H groups in total. The molecule has 6 aliphatic carbocycles. The summed E-state index contributed by atoms with van der Waals surface area (Å²) in [5.74, 6) is 0.697. The first-order valence-corrected chi connectivity index (χ1v) is 17.4. The van der Waals surface area contributed by atoms with Crippen LogP contribution in [0.2, 0.25) is 0 Å². The summed E-state index contributed by atoms with van der Waals surface area (Å²) in [6.07, 6.45) is 12.7. The van der Waals surface area contributed by atoms with Gasteiger partial charge in [-0.2, -0.15) is 0 Å². The Bertz CT molecular complexity index is 1280. The van der Waals surface area contributed by atoms with Crippen LogP contribution in [0.15, 0.2) is 23.3 Å². The summed E-state index contributed by atoms with van der Waals surface area (Å²) < 4.78 is 24.6. The van der Waals surface area contributed by atoms with E-state index in [1.54, 1.807) is 6.92 Å². The molecule has 1 heterocycles. The van der Waals surface area contributed by atoms with E-state index in [1.165, 1.54) is 26.2 Å². The van der Waals surface area contributed by atoms with Crippen LogP contribution in [0.4, 0.5) is 0 Å². The standard InChI is InChI=1S/C37H54O7/c1-9-41-31(39)29-30(32(40)42-10-2)36-19-18-35(29)20-25(43-24(6)38)16-17-34(35,8)37(36)28(44-37)21-33(7)26(14-15-27(33)36)23(5)13-11-12-22(3)4/h18-19,22-23,25-28H,9-17,20-21H2,1-8H3/t23-,25+,26-,27-,28-,33-,34+,35+,36-,37+/m1/s1. The van der Waals surface area contributed by atoms with Crippen molar-refractivity contribution in [1.82, 2.24) is 0 Å². The molecule has 0 amide bonds. The Hall–Kier alpha value is -2.15. The monoisotopic (exact) mass is 610 g/mol. The molecule has 7 nitrogen and oxygen atoms in total. The predicted molar refractivity (Wildman–Crippen MR) is 166 cm³/mol. The van der Waals surface area contributed by atoms with Crippen LogP contribution in [0.3, 0.4) is 0 Å². The van der Waals surface area contributed by atoms with E-state index in [4.69, 9.17) is 18.9 Å². The topological polar surface area (TPSA) is 91.4 Å². The number of allylic oxidation sites excluding steroid dienone is 1. The first kappa shape index (κ1) is 31.8. The summed E-state index contributed by atoms with van der Waals surface area (Å²) in [6.45, 7) is 17.2. The van der Waals surface area contributed by atoms with Crippen LogP contribution in [0.5, 0.6) is 0 Å². The summed E-state index contributed by atoms with van der Waals surface area (Å²) in [7, 11) is 0. The fraction of sp³-hybridized carbons (Fsp3) is 0.811. The van der Waals surface area contributed by atoms with Crippen molar-refractivity contribution < 1.29 is 33.3 Å². The van der Waals surface area contributed by atoms with Gasteiger partial charge >= 0.3 is 17.9 Å². The minimum Gasteiger partial charge on any atom is -0.463 e. The van der Waals surface area contributed by atoms with Gasteiger partial charge in [-0.05, 0) is 81.5 Å². The summed E-state index contributed by atoms with van der Waals surface area (Å²) in [6, 6.07) is 0. The van der Waals surface area contributed by atoms with Gasteiger partial charge < -0.3 is 18.9 Å². The van der Waals surface area contributed by atoms with Gasteiger partial charge in [-0.15, -0.1) is 0 Å². The Morgan fingerprint density at radius 1 is 0.932 bits per heavy atom. The molecule has 244 valence electrons. The van der Waals surface area contributed by atoms with Crippen molar-refractivity contribution in [2.24, 2.45) is 45.3 Å². The van der Waals surface area contributed by atoms with E-state index >= 15 is 0 Å². The number of ether oxygens (including phenoxy) is 4. The maximum Gasteiger partial charge on any atom is 0.335 e. The fourth-order valence-corrected chi connectivity index (χ4v) is 11.9. The van der Waals surface area contributed by atoms with E-state index in [2.05, 4.69) is 46.8 Å². The van der Waals surface area contributed by atoms with Crippen LogP contribution in [0, 0.1) is 45.3 Å². The Morgan fingerprint density at radius 3 is 2.25 bits per heavy atom. The number of hydrogen-bond acceptors (Lipinski definition) is 7. The summed E-state index contributed by atoms with van der Waals surface area (Å²) in [5.41, 5.74) is -1.90. The van der Waals surface area contributed by atoms with E-state index in [9.17, 15) is 14.4 Å². The van der Waals surface area contributed by atoms with Crippen molar-refractivity contribution in [3.05, 3.63) is 23.3 Å². The molecule has 7 rings (SSSR count). The molecule has 1 saturated heterocycles. The van der Waals surface area contributed by atoms with Gasteiger partial charge in [0, 0.05) is 17.8 Å². The lowest BCUT2D eigenvalue weighted by Gasteiger charge is -2.70. The largest absolute Gasteiger partial charge is 0.463 e. The average molecular weight is 611 g/mol. The molecule has 7 aliphatic rings. The smallest absolute Gasteiger partial charge is 0.335 e. The Kier molecular flexibility index (Phi) is 7.74. The second-order valence-electron chi connectivity index (χ2n) is 15.8. The van der Waals surface area contributed by atoms with Gasteiger partial charge in [0.25, 0.3) is 0 Å². The van der Waals surface area contributed by atoms with E-state index in [-0.39, 0.29) is 42.7 Å². The number of carbonyl (C=O) groups excluding carboxylic acids is 3. The maximum atomic E-state index is 14.4. The lowest BCUT2D eigenvalue weighted by Crippen LogP contribution is -2.73. The zero-order chi connectivity index (χ0) is 31.9. The molecule has 44 heavy (non-hydrogen) atoms. The molecule has 2 bridgehead atoms. The normalized spacial score (nSPS) is 43.5. The molecule has 4 fully saturated rings. The molecule has 3 spiro atoms. The zero-order valence-corrected chi connectivity index (χ0v) is 28.3. The predicted octanol–water partition coefficient (Wildman–Crippen LogP) is 7.12. The highest BCUT2D eigenvalue weighted by Crippen LogP contribution is 2.87. The highest BCUT2D eigenvalue weighted by atomic mass is 16.6. The third kappa shape index (κ3) is 3.92. The highest BCUT2D eigenvalue weighted by Gasteiger charge is 2.91. The van der Waals surface area contributed by atoms with E-state index in [0.29, 0.717) is 41.7 Å². The van der Waals surface area contributed by atoms with Crippen molar-refractivity contribution in [2.45, 2.75) is 131 Å². The van der Waals surface area contributed by atoms with Gasteiger partial charge in [0.2, 0.25) is 0 Å². The van der Waals surface area contributed by atoms with E-state index < -0.39 is 33.8 Å². The molecule has 0 radical (unpaired) electrons. The molecular weight excluding hydrogens is 556 g/mol. The van der Waals surface area contributed by atoms with Crippen molar-refractivity contribution >= 4 is 17.9 Å². The van der Waals surface area contributed by atoms with Crippen LogP contribution in [0.25, 0.3) is 0 Å². The maximum absolute atomic E-state index is 14.4. The molecule has 0 aromatic carbocycles. The van der Waals surface area contributed by atoms with Crippen LogP contribution in [-0.2, 0) is 33.3 Å². The fourth-order valence-electron chi connectivity index (χ4n) is 11.9. The van der Waals surface area contributed by atoms with Gasteiger partial charge in [-0.3, -0.25) is 4.79 Å². The third-order valence-corrected chi connectivity index (χ3v) is 13.4. The first-order valence-electron chi connectivity index (χ1n) is 17.4. The number of carbonyl (C=O) groups is 3. The summed E-state index contributed by atoms with van der Waals surface area (Å²) in [4.78, 5) is 40.8. The average Bonchev–Trinajstić information content (AvgIpc) is 3.56. The van der Waals surface area contributed by atoms with Crippen molar-refractivity contribution in [3.8, 4) is 0 Å². The van der Waals surface area contributed by atoms with Gasteiger partial charge in [0.1, 0.15) is 11.7 Å². The van der Waals surface area contributed by atoms with Crippen LogP contribution >= 0.6 is 0 Å². The summed E-state index contributed by atoms with van der Waals surface area (Å²) >= 11 is 0. The van der Waals surface area contributed by atoms with Gasteiger partial charge in [-0.25, -0.2) is 9.59 Å². The third-order valence-electron chi connectivity index (χ3n) is 13.4. The Balaban J connectivity index is 1.54. The molecule has 0 aromatic rings. The zero-order valence-electron chi connectivity index (χ0n) is 28.3. The molecule has 0 aromatic heterocycles. The number of rotatable bonds is 10. The second kappa shape index (κ2) is 10.7. The number of esters is 3. The van der Waals surface area contributed by atoms with Gasteiger partial charge in [0.15, 0.2) is 0 Å². The molecule has 7 heteroatoms. The van der Waals surface area contributed by atoms with Crippen LogP contribution in [-0.4, -0.2) is 48.9 Å². The molecule has 0 unspecified atom stereocenters. The first-order chi connectivity index (χ1) is 20.8. The minimum absolute atomic E-state index is 0.0139. The van der Waals surface area contributed by atoms with E-state index in [1.807, 2.05) is 6.92 Å². The lowest BCUT2D eigenvalue weighted by molar-refractivity contribution is -0.177. The summed E-state index contributed by atoms with van der Waals surface area (Å²) in [5, 5.41) is 0. The SMILES string of the molecule is CCOC(=O)C1=C(C(=O)OCC)[C@]23C=C[C@]14C[C@@H](OC(C)=O)CC[C@]4(C)[C@]21O[C@@H]1C[C@]1(C)[C@@H]([C@H](C)CCCC(C)C)CC[C@H]13. The van der Waals surface area contributed by atoms with E-state index in [0.717, 1.165) is 25.7 Å². The molecule has 3 saturated carbocycles. The molecule has 1 aliphatic heterocycles. The number of epoxide rings is 1. The molecule has 10 atom stereocenters. The second-order valence-corrected chi connectivity index (χ2v) is 15.8. The number of hydrogen-bond donors (Lipinski definition) is 0. The Morgan fingerprint density at radius 2 is 1.61 bits per heavy atom. The van der Waals surface area contributed by atoms with Crippen molar-refractivity contribution in [3.63, 3.8) is 0 Å². The van der Waals surface area contributed by atoms with Crippen LogP contribution in [0.1, 0.15) is 113 Å². The van der Waals surface area contributed by atoms with Crippen molar-refractivity contribution in [2.75, 3.05) is 13.2 Å². The quantitative estimate of drug-likeness (QED) is 0.113.